The van der Waals surface area contributed by atoms with Gasteiger partial charge in [-0.3, -0.25) is 4.79 Å². The summed E-state index contributed by atoms with van der Waals surface area (Å²) in [6, 6.07) is 0.219. The van der Waals surface area contributed by atoms with Gasteiger partial charge < -0.3 is 15.4 Å². The SMILES string of the molecule is CC(C)C[C@@H](NC(=O)C[C@@H]1CNCCO1)C(C)(C)C. The summed E-state index contributed by atoms with van der Waals surface area (Å²) in [4.78, 5) is 12.1. The summed E-state index contributed by atoms with van der Waals surface area (Å²) in [6.45, 7) is 13.3. The lowest BCUT2D eigenvalue weighted by molar-refractivity contribution is -0.126. The van der Waals surface area contributed by atoms with E-state index < -0.39 is 0 Å². The summed E-state index contributed by atoms with van der Waals surface area (Å²) in [7, 11) is 0. The van der Waals surface area contributed by atoms with E-state index >= 15 is 0 Å². The molecule has 1 fully saturated rings. The van der Waals surface area contributed by atoms with Crippen LogP contribution in [0.4, 0.5) is 0 Å². The molecule has 0 radical (unpaired) electrons. The lowest BCUT2D eigenvalue weighted by atomic mass is 9.82. The molecular weight excluding hydrogens is 240 g/mol. The lowest BCUT2D eigenvalue weighted by Crippen LogP contribution is -2.47. The van der Waals surface area contributed by atoms with E-state index in [1.807, 2.05) is 0 Å². The van der Waals surface area contributed by atoms with Gasteiger partial charge >= 0.3 is 0 Å². The summed E-state index contributed by atoms with van der Waals surface area (Å²) >= 11 is 0. The molecule has 0 aliphatic carbocycles. The van der Waals surface area contributed by atoms with Crippen LogP contribution in [0.5, 0.6) is 0 Å². The molecule has 4 nitrogen and oxygen atoms in total. The van der Waals surface area contributed by atoms with Crippen molar-refractivity contribution in [3.05, 3.63) is 0 Å². The molecule has 4 heteroatoms. The number of nitrogens with one attached hydrogen (secondary N) is 2. The van der Waals surface area contributed by atoms with E-state index in [4.69, 9.17) is 4.74 Å². The maximum absolute atomic E-state index is 12.1. The van der Waals surface area contributed by atoms with Gasteiger partial charge in [-0.25, -0.2) is 0 Å². The van der Waals surface area contributed by atoms with E-state index in [1.165, 1.54) is 0 Å². The minimum Gasteiger partial charge on any atom is -0.375 e. The van der Waals surface area contributed by atoms with Crippen molar-refractivity contribution in [2.45, 2.75) is 59.6 Å². The Kier molecular flexibility index (Phi) is 6.27. The Morgan fingerprint density at radius 3 is 2.58 bits per heavy atom. The van der Waals surface area contributed by atoms with E-state index in [0.29, 0.717) is 18.9 Å². The zero-order chi connectivity index (χ0) is 14.5. The maximum atomic E-state index is 12.1. The fourth-order valence-corrected chi connectivity index (χ4v) is 2.31. The van der Waals surface area contributed by atoms with Crippen LogP contribution < -0.4 is 10.6 Å². The van der Waals surface area contributed by atoms with Crippen molar-refractivity contribution in [1.82, 2.24) is 10.6 Å². The van der Waals surface area contributed by atoms with Crippen molar-refractivity contribution < 1.29 is 9.53 Å². The number of morpholine rings is 1. The van der Waals surface area contributed by atoms with Gasteiger partial charge in [0.2, 0.25) is 5.91 Å². The van der Waals surface area contributed by atoms with E-state index in [0.717, 1.165) is 19.5 Å². The quantitative estimate of drug-likeness (QED) is 0.803. The van der Waals surface area contributed by atoms with Gasteiger partial charge in [-0.05, 0) is 17.8 Å². The van der Waals surface area contributed by atoms with Crippen LogP contribution in [0.15, 0.2) is 0 Å². The molecular formula is C15H30N2O2. The zero-order valence-corrected chi connectivity index (χ0v) is 13.1. The van der Waals surface area contributed by atoms with Crippen LogP contribution in [0.3, 0.4) is 0 Å². The predicted molar refractivity (Wildman–Crippen MR) is 78.1 cm³/mol. The van der Waals surface area contributed by atoms with Gasteiger partial charge in [0.05, 0.1) is 19.1 Å². The van der Waals surface area contributed by atoms with Crippen molar-refractivity contribution in [3.63, 3.8) is 0 Å². The highest BCUT2D eigenvalue weighted by atomic mass is 16.5. The highest BCUT2D eigenvalue weighted by Crippen LogP contribution is 2.24. The maximum Gasteiger partial charge on any atom is 0.222 e. The smallest absolute Gasteiger partial charge is 0.222 e. The molecule has 0 saturated carbocycles. The molecule has 0 spiro atoms. The van der Waals surface area contributed by atoms with Crippen molar-refractivity contribution >= 4 is 5.91 Å². The Morgan fingerprint density at radius 1 is 1.42 bits per heavy atom. The van der Waals surface area contributed by atoms with E-state index in [9.17, 15) is 4.79 Å². The molecule has 1 amide bonds. The zero-order valence-electron chi connectivity index (χ0n) is 13.1. The number of amides is 1. The first-order chi connectivity index (χ1) is 8.79. The number of carbonyl (C=O) groups excluding carboxylic acids is 1. The second-order valence-corrected chi connectivity index (χ2v) is 7.02. The van der Waals surface area contributed by atoms with E-state index in [1.54, 1.807) is 0 Å². The molecule has 0 aromatic carbocycles. The van der Waals surface area contributed by atoms with Crippen LogP contribution in [0.25, 0.3) is 0 Å². The molecule has 1 aliphatic rings. The summed E-state index contributed by atoms with van der Waals surface area (Å²) in [5.74, 6) is 0.686. The molecule has 1 heterocycles. The summed E-state index contributed by atoms with van der Waals surface area (Å²) in [5.41, 5.74) is 0.0889. The monoisotopic (exact) mass is 270 g/mol. The van der Waals surface area contributed by atoms with Crippen molar-refractivity contribution in [2.75, 3.05) is 19.7 Å². The molecule has 1 aliphatic heterocycles. The average molecular weight is 270 g/mol. The Morgan fingerprint density at radius 2 is 2.11 bits per heavy atom. The van der Waals surface area contributed by atoms with Crippen LogP contribution in [0.2, 0.25) is 0 Å². The largest absolute Gasteiger partial charge is 0.375 e. The summed E-state index contributed by atoms with van der Waals surface area (Å²) < 4.78 is 5.57. The van der Waals surface area contributed by atoms with Crippen molar-refractivity contribution in [2.24, 2.45) is 11.3 Å². The number of rotatable bonds is 5. The Balaban J connectivity index is 2.46. The minimum atomic E-state index is 0.0217. The fraction of sp³-hybridized carbons (Fsp3) is 0.933. The van der Waals surface area contributed by atoms with Gasteiger partial charge in [-0.2, -0.15) is 0 Å². The minimum absolute atomic E-state index is 0.0217. The Hall–Kier alpha value is -0.610. The van der Waals surface area contributed by atoms with Gasteiger partial charge in [0.15, 0.2) is 0 Å². The van der Waals surface area contributed by atoms with Gasteiger partial charge in [0, 0.05) is 19.1 Å². The second-order valence-electron chi connectivity index (χ2n) is 7.02. The van der Waals surface area contributed by atoms with Crippen LogP contribution in [0.1, 0.15) is 47.5 Å². The first-order valence-electron chi connectivity index (χ1n) is 7.40. The van der Waals surface area contributed by atoms with Gasteiger partial charge in [0.1, 0.15) is 0 Å². The first kappa shape index (κ1) is 16.4. The normalized spacial score (nSPS) is 22.3. The molecule has 2 N–H and O–H groups in total. The third-order valence-corrected chi connectivity index (χ3v) is 3.51. The van der Waals surface area contributed by atoms with Gasteiger partial charge in [-0.15, -0.1) is 0 Å². The molecule has 1 saturated heterocycles. The van der Waals surface area contributed by atoms with Crippen LogP contribution in [-0.4, -0.2) is 37.7 Å². The van der Waals surface area contributed by atoms with Crippen LogP contribution in [-0.2, 0) is 9.53 Å². The molecule has 0 aromatic rings. The highest BCUT2D eigenvalue weighted by Gasteiger charge is 2.28. The summed E-state index contributed by atoms with van der Waals surface area (Å²) in [5, 5.41) is 6.44. The van der Waals surface area contributed by atoms with Gasteiger partial charge in [0.25, 0.3) is 0 Å². The second kappa shape index (κ2) is 7.25. The first-order valence-corrected chi connectivity index (χ1v) is 7.40. The molecule has 112 valence electrons. The Bertz CT molecular complexity index is 278. The number of hydrogen-bond acceptors (Lipinski definition) is 3. The molecule has 0 bridgehead atoms. The Labute approximate surface area is 117 Å². The standard InChI is InChI=1S/C15H30N2O2/c1-11(2)8-13(15(3,4)5)17-14(18)9-12-10-16-6-7-19-12/h11-13,16H,6-10H2,1-5H3,(H,17,18)/t12-,13-/m1/s1. The number of hydrogen-bond donors (Lipinski definition) is 2. The molecule has 0 aromatic heterocycles. The molecule has 2 atom stereocenters. The third kappa shape index (κ3) is 6.39. The highest BCUT2D eigenvalue weighted by molar-refractivity contribution is 5.76. The lowest BCUT2D eigenvalue weighted by Gasteiger charge is -2.33. The predicted octanol–water partition coefficient (Wildman–Crippen LogP) is 1.94. The fourth-order valence-electron chi connectivity index (χ4n) is 2.31. The van der Waals surface area contributed by atoms with Crippen LogP contribution in [0, 0.1) is 11.3 Å². The molecule has 0 unspecified atom stereocenters. The van der Waals surface area contributed by atoms with E-state index in [-0.39, 0.29) is 23.5 Å². The molecule has 19 heavy (non-hydrogen) atoms. The van der Waals surface area contributed by atoms with Gasteiger partial charge in [-0.1, -0.05) is 34.6 Å². The number of ether oxygens (including phenoxy) is 1. The van der Waals surface area contributed by atoms with E-state index in [2.05, 4.69) is 45.3 Å². The molecule has 1 rings (SSSR count). The number of carbonyl (C=O) groups is 1. The summed E-state index contributed by atoms with van der Waals surface area (Å²) in [6.07, 6.45) is 1.49. The van der Waals surface area contributed by atoms with Crippen molar-refractivity contribution in [3.8, 4) is 0 Å². The van der Waals surface area contributed by atoms with Crippen LogP contribution >= 0.6 is 0 Å². The topological polar surface area (TPSA) is 50.4 Å². The van der Waals surface area contributed by atoms with Crippen molar-refractivity contribution in [1.29, 1.82) is 0 Å². The average Bonchev–Trinajstić information content (AvgIpc) is 2.27. The third-order valence-electron chi connectivity index (χ3n) is 3.51.